The molecule has 0 aliphatic carbocycles. The van der Waals surface area contributed by atoms with E-state index in [-0.39, 0.29) is 5.69 Å². The topological polar surface area (TPSA) is 93.8 Å². The summed E-state index contributed by atoms with van der Waals surface area (Å²) in [6.45, 7) is 1.92. The number of benzene rings is 1. The Kier molecular flexibility index (Phi) is 3.92. The summed E-state index contributed by atoms with van der Waals surface area (Å²) in [5.74, 6) is 1.21. The van der Waals surface area contributed by atoms with E-state index >= 15 is 0 Å². The highest BCUT2D eigenvalue weighted by Gasteiger charge is 2.06. The van der Waals surface area contributed by atoms with Gasteiger partial charge in [-0.1, -0.05) is 0 Å². The lowest BCUT2D eigenvalue weighted by atomic mass is 10.2. The zero-order valence-electron chi connectivity index (χ0n) is 12.3. The summed E-state index contributed by atoms with van der Waals surface area (Å²) < 4.78 is 0. The number of anilines is 2. The van der Waals surface area contributed by atoms with Crippen LogP contribution in [0.25, 0.3) is 11.4 Å². The van der Waals surface area contributed by atoms with Gasteiger partial charge in [0.1, 0.15) is 12.0 Å². The molecule has 0 saturated carbocycles. The lowest BCUT2D eigenvalue weighted by Gasteiger charge is -2.06. The summed E-state index contributed by atoms with van der Waals surface area (Å²) in [5, 5.41) is 13.7. The SMILES string of the molecule is Cc1ccnc(-c2ccc(Nc3ccc([N+](=O)[O-])cn3)cc2)n1. The highest BCUT2D eigenvalue weighted by atomic mass is 16.6. The van der Waals surface area contributed by atoms with E-state index in [0.717, 1.165) is 16.9 Å². The van der Waals surface area contributed by atoms with E-state index < -0.39 is 4.92 Å². The highest BCUT2D eigenvalue weighted by molar-refractivity contribution is 5.63. The number of hydrogen-bond acceptors (Lipinski definition) is 6. The lowest BCUT2D eigenvalue weighted by Crippen LogP contribution is -1.95. The predicted octanol–water partition coefficient (Wildman–Crippen LogP) is 3.50. The molecule has 0 fully saturated rings. The molecule has 0 amide bonds. The van der Waals surface area contributed by atoms with E-state index in [1.165, 1.54) is 12.3 Å². The minimum atomic E-state index is -0.479. The van der Waals surface area contributed by atoms with Crippen molar-refractivity contribution in [2.45, 2.75) is 6.92 Å². The predicted molar refractivity (Wildman–Crippen MR) is 86.4 cm³/mol. The summed E-state index contributed by atoms with van der Waals surface area (Å²) in [4.78, 5) is 22.7. The van der Waals surface area contributed by atoms with E-state index in [1.54, 1.807) is 12.3 Å². The molecule has 7 nitrogen and oxygen atoms in total. The molecule has 1 N–H and O–H groups in total. The number of hydrogen-bond donors (Lipinski definition) is 1. The van der Waals surface area contributed by atoms with Crippen LogP contribution in [0, 0.1) is 17.0 Å². The summed E-state index contributed by atoms with van der Waals surface area (Å²) in [7, 11) is 0. The molecule has 2 aromatic heterocycles. The molecule has 3 aromatic rings. The smallest absolute Gasteiger partial charge is 0.287 e. The van der Waals surface area contributed by atoms with E-state index in [4.69, 9.17) is 0 Å². The van der Waals surface area contributed by atoms with Crippen LogP contribution < -0.4 is 5.32 Å². The van der Waals surface area contributed by atoms with Crippen LogP contribution in [0.4, 0.5) is 17.2 Å². The minimum Gasteiger partial charge on any atom is -0.340 e. The average molecular weight is 307 g/mol. The summed E-state index contributed by atoms with van der Waals surface area (Å²) in [6, 6.07) is 12.4. The standard InChI is InChI=1S/C16H13N5O2/c1-11-8-9-17-16(19-11)12-2-4-13(5-3-12)20-15-7-6-14(10-18-15)21(22)23/h2-10H,1H3,(H,18,20). The van der Waals surface area contributed by atoms with E-state index in [2.05, 4.69) is 20.3 Å². The Labute approximate surface area is 132 Å². The van der Waals surface area contributed by atoms with Crippen LogP contribution >= 0.6 is 0 Å². The van der Waals surface area contributed by atoms with Gasteiger partial charge < -0.3 is 5.32 Å². The van der Waals surface area contributed by atoms with Gasteiger partial charge in [0, 0.05) is 29.2 Å². The molecular weight excluding hydrogens is 294 g/mol. The van der Waals surface area contributed by atoms with Gasteiger partial charge in [0.2, 0.25) is 0 Å². The van der Waals surface area contributed by atoms with Crippen molar-refractivity contribution in [2.75, 3.05) is 5.32 Å². The van der Waals surface area contributed by atoms with E-state index in [1.807, 2.05) is 37.3 Å². The maximum Gasteiger partial charge on any atom is 0.287 e. The average Bonchev–Trinajstić information content (AvgIpc) is 2.56. The van der Waals surface area contributed by atoms with Crippen molar-refractivity contribution < 1.29 is 4.92 Å². The van der Waals surface area contributed by atoms with Gasteiger partial charge in [-0.05, 0) is 43.3 Å². The fourth-order valence-corrected chi connectivity index (χ4v) is 2.01. The zero-order chi connectivity index (χ0) is 16.2. The van der Waals surface area contributed by atoms with Crippen LogP contribution in [0.2, 0.25) is 0 Å². The fraction of sp³-hybridized carbons (Fsp3) is 0.0625. The molecule has 0 spiro atoms. The first-order valence-corrected chi connectivity index (χ1v) is 6.89. The van der Waals surface area contributed by atoms with Crippen molar-refractivity contribution in [3.8, 4) is 11.4 Å². The summed E-state index contributed by atoms with van der Waals surface area (Å²) >= 11 is 0. The second-order valence-electron chi connectivity index (χ2n) is 4.88. The Morgan fingerprint density at radius 3 is 2.43 bits per heavy atom. The molecule has 1 aromatic carbocycles. The molecule has 2 heterocycles. The minimum absolute atomic E-state index is 0.0394. The number of nitrogens with one attached hydrogen (secondary N) is 1. The van der Waals surface area contributed by atoms with Crippen molar-refractivity contribution in [3.63, 3.8) is 0 Å². The second-order valence-corrected chi connectivity index (χ2v) is 4.88. The maximum absolute atomic E-state index is 10.6. The molecule has 0 unspecified atom stereocenters. The molecule has 0 aliphatic rings. The van der Waals surface area contributed by atoms with Gasteiger partial charge in [-0.25, -0.2) is 15.0 Å². The molecule has 114 valence electrons. The van der Waals surface area contributed by atoms with Gasteiger partial charge in [0.05, 0.1) is 4.92 Å². The molecule has 0 radical (unpaired) electrons. The van der Waals surface area contributed by atoms with E-state index in [0.29, 0.717) is 11.6 Å². The van der Waals surface area contributed by atoms with Gasteiger partial charge in [-0.3, -0.25) is 10.1 Å². The van der Waals surface area contributed by atoms with Crippen LogP contribution in [-0.2, 0) is 0 Å². The monoisotopic (exact) mass is 307 g/mol. The zero-order valence-corrected chi connectivity index (χ0v) is 12.3. The number of nitrogens with zero attached hydrogens (tertiary/aromatic N) is 4. The number of aromatic nitrogens is 3. The third-order valence-corrected chi connectivity index (χ3v) is 3.17. The Morgan fingerprint density at radius 2 is 1.83 bits per heavy atom. The van der Waals surface area contributed by atoms with Gasteiger partial charge in [0.15, 0.2) is 5.82 Å². The largest absolute Gasteiger partial charge is 0.340 e. The molecule has 0 aliphatic heterocycles. The second kappa shape index (κ2) is 6.18. The molecule has 7 heteroatoms. The molecule has 23 heavy (non-hydrogen) atoms. The Bertz CT molecular complexity index is 832. The molecule has 3 rings (SSSR count). The normalized spacial score (nSPS) is 10.3. The third kappa shape index (κ3) is 3.46. The van der Waals surface area contributed by atoms with Crippen LogP contribution in [0.5, 0.6) is 0 Å². The van der Waals surface area contributed by atoms with Crippen molar-refractivity contribution in [1.82, 2.24) is 15.0 Å². The fourth-order valence-electron chi connectivity index (χ4n) is 2.01. The Balaban J connectivity index is 1.76. The summed E-state index contributed by atoms with van der Waals surface area (Å²) in [6.07, 6.45) is 2.95. The van der Waals surface area contributed by atoms with Gasteiger partial charge in [0.25, 0.3) is 5.69 Å². The maximum atomic E-state index is 10.6. The Hall–Kier alpha value is -3.35. The summed E-state index contributed by atoms with van der Waals surface area (Å²) in [5.41, 5.74) is 2.61. The van der Waals surface area contributed by atoms with Gasteiger partial charge >= 0.3 is 0 Å². The highest BCUT2D eigenvalue weighted by Crippen LogP contribution is 2.21. The molecule has 0 saturated heterocycles. The third-order valence-electron chi connectivity index (χ3n) is 3.17. The van der Waals surface area contributed by atoms with Crippen LogP contribution in [0.3, 0.4) is 0 Å². The molecule has 0 atom stereocenters. The van der Waals surface area contributed by atoms with Crippen molar-refractivity contribution in [1.29, 1.82) is 0 Å². The van der Waals surface area contributed by atoms with Crippen molar-refractivity contribution in [3.05, 3.63) is 70.7 Å². The first kappa shape index (κ1) is 14.6. The van der Waals surface area contributed by atoms with Crippen LogP contribution in [0.1, 0.15) is 5.69 Å². The van der Waals surface area contributed by atoms with Gasteiger partial charge in [-0.15, -0.1) is 0 Å². The number of nitro groups is 1. The van der Waals surface area contributed by atoms with Crippen LogP contribution in [0.15, 0.2) is 54.9 Å². The quantitative estimate of drug-likeness (QED) is 0.585. The number of rotatable bonds is 4. The van der Waals surface area contributed by atoms with Gasteiger partial charge in [-0.2, -0.15) is 0 Å². The first-order chi connectivity index (χ1) is 11.1. The van der Waals surface area contributed by atoms with E-state index in [9.17, 15) is 10.1 Å². The first-order valence-electron chi connectivity index (χ1n) is 6.89. The van der Waals surface area contributed by atoms with Crippen molar-refractivity contribution in [2.24, 2.45) is 0 Å². The number of aryl methyl sites for hydroxylation is 1. The molecular formula is C16H13N5O2. The van der Waals surface area contributed by atoms with Crippen LogP contribution in [-0.4, -0.2) is 19.9 Å². The lowest BCUT2D eigenvalue weighted by molar-refractivity contribution is -0.385. The number of pyridine rings is 1. The Morgan fingerprint density at radius 1 is 1.04 bits per heavy atom. The molecule has 0 bridgehead atoms. The van der Waals surface area contributed by atoms with Crippen molar-refractivity contribution >= 4 is 17.2 Å².